The molecule has 0 aromatic heterocycles. The molecule has 0 aromatic carbocycles. The molecule has 0 unspecified atom stereocenters. The second-order valence-corrected chi connectivity index (χ2v) is 5.12. The molecule has 0 radical (unpaired) electrons. The molecule has 0 bridgehead atoms. The first kappa shape index (κ1) is 8.59. The highest BCUT2D eigenvalue weighted by Crippen LogP contribution is 2.45. The second-order valence-electron chi connectivity index (χ2n) is 5.12. The second kappa shape index (κ2) is 3.40. The van der Waals surface area contributed by atoms with Crippen LogP contribution in [0.4, 0.5) is 0 Å². The van der Waals surface area contributed by atoms with Crippen molar-refractivity contribution in [2.24, 2.45) is 23.7 Å². The predicted molar refractivity (Wildman–Crippen MR) is 53.0 cm³/mol. The lowest BCUT2D eigenvalue weighted by atomic mass is 9.63. The van der Waals surface area contributed by atoms with Gasteiger partial charge in [0.2, 0.25) is 0 Å². The Morgan fingerprint density at radius 3 is 2.42 bits per heavy atom. The van der Waals surface area contributed by atoms with Crippen LogP contribution in [0.25, 0.3) is 0 Å². The van der Waals surface area contributed by atoms with Crippen LogP contribution in [0.3, 0.4) is 0 Å². The van der Waals surface area contributed by atoms with Crippen molar-refractivity contribution < 1.29 is 0 Å². The van der Waals surface area contributed by atoms with Crippen molar-refractivity contribution >= 4 is 0 Å². The van der Waals surface area contributed by atoms with Crippen LogP contribution in [0.1, 0.15) is 52.4 Å². The zero-order valence-electron chi connectivity index (χ0n) is 8.55. The van der Waals surface area contributed by atoms with Gasteiger partial charge >= 0.3 is 0 Å². The van der Waals surface area contributed by atoms with Gasteiger partial charge in [-0.1, -0.05) is 39.5 Å². The van der Waals surface area contributed by atoms with Crippen molar-refractivity contribution in [3.63, 3.8) is 0 Å². The molecule has 0 heterocycles. The van der Waals surface area contributed by atoms with E-state index < -0.39 is 0 Å². The third kappa shape index (κ3) is 1.41. The number of fused-ring (bicyclic) bond motifs is 1. The van der Waals surface area contributed by atoms with Gasteiger partial charge in [0.1, 0.15) is 0 Å². The molecule has 0 aromatic rings. The molecule has 70 valence electrons. The fourth-order valence-electron chi connectivity index (χ4n) is 3.45. The molecule has 0 aliphatic heterocycles. The van der Waals surface area contributed by atoms with Crippen molar-refractivity contribution in [3.05, 3.63) is 0 Å². The van der Waals surface area contributed by atoms with Gasteiger partial charge in [0.15, 0.2) is 0 Å². The van der Waals surface area contributed by atoms with E-state index in [0.717, 1.165) is 23.7 Å². The number of hydrogen-bond acceptors (Lipinski definition) is 0. The summed E-state index contributed by atoms with van der Waals surface area (Å²) < 4.78 is 0. The molecule has 0 saturated heterocycles. The highest BCUT2D eigenvalue weighted by Gasteiger charge is 2.35. The van der Waals surface area contributed by atoms with E-state index in [9.17, 15) is 0 Å². The maximum atomic E-state index is 2.49. The maximum Gasteiger partial charge on any atom is -0.0358 e. The Balaban J connectivity index is 2.03. The fourth-order valence-corrected chi connectivity index (χ4v) is 3.45. The van der Waals surface area contributed by atoms with E-state index in [2.05, 4.69) is 13.8 Å². The summed E-state index contributed by atoms with van der Waals surface area (Å²) in [4.78, 5) is 0. The molecule has 4 atom stereocenters. The normalized spacial score (nSPS) is 48.5. The Hall–Kier alpha value is 0. The molecule has 2 saturated carbocycles. The lowest BCUT2D eigenvalue weighted by Crippen LogP contribution is -2.33. The minimum Gasteiger partial charge on any atom is -0.0622 e. The zero-order chi connectivity index (χ0) is 8.55. The predicted octanol–water partition coefficient (Wildman–Crippen LogP) is 3.86. The monoisotopic (exact) mass is 166 g/mol. The first-order valence-electron chi connectivity index (χ1n) is 5.79. The van der Waals surface area contributed by atoms with Gasteiger partial charge in [-0.3, -0.25) is 0 Å². The van der Waals surface area contributed by atoms with Gasteiger partial charge in [-0.05, 0) is 36.5 Å². The summed E-state index contributed by atoms with van der Waals surface area (Å²) in [5.41, 5.74) is 0. The molecule has 12 heavy (non-hydrogen) atoms. The molecular weight excluding hydrogens is 144 g/mol. The van der Waals surface area contributed by atoms with Crippen LogP contribution in [0.2, 0.25) is 0 Å². The van der Waals surface area contributed by atoms with Crippen molar-refractivity contribution in [1.29, 1.82) is 0 Å². The number of hydrogen-bond donors (Lipinski definition) is 0. The largest absolute Gasteiger partial charge is 0.0622 e. The molecule has 2 fully saturated rings. The van der Waals surface area contributed by atoms with E-state index in [1.165, 1.54) is 32.1 Å². The van der Waals surface area contributed by atoms with Crippen LogP contribution < -0.4 is 0 Å². The molecule has 0 spiro atoms. The molecule has 2 rings (SSSR count). The highest BCUT2D eigenvalue weighted by atomic mass is 14.4. The average molecular weight is 166 g/mol. The van der Waals surface area contributed by atoms with Crippen LogP contribution in [-0.2, 0) is 0 Å². The Morgan fingerprint density at radius 2 is 1.58 bits per heavy atom. The number of rotatable bonds is 0. The summed E-state index contributed by atoms with van der Waals surface area (Å²) >= 11 is 0. The summed E-state index contributed by atoms with van der Waals surface area (Å²) in [6, 6.07) is 0. The summed E-state index contributed by atoms with van der Waals surface area (Å²) in [5, 5.41) is 0. The standard InChI is InChI=1S/C12H22/c1-9-7-8-11-5-3-4-6-12(11)10(9)2/h9-12H,3-8H2,1-2H3/t9-,10-,11-,12-/m1/s1. The van der Waals surface area contributed by atoms with Crippen LogP contribution in [0, 0.1) is 23.7 Å². The van der Waals surface area contributed by atoms with E-state index in [-0.39, 0.29) is 0 Å². The minimum atomic E-state index is 1.00. The average Bonchev–Trinajstić information content (AvgIpc) is 2.12. The lowest BCUT2D eigenvalue weighted by molar-refractivity contribution is 0.0734. The first-order valence-corrected chi connectivity index (χ1v) is 5.79. The molecule has 0 heteroatoms. The van der Waals surface area contributed by atoms with Crippen LogP contribution >= 0.6 is 0 Å². The molecule has 0 nitrogen and oxygen atoms in total. The van der Waals surface area contributed by atoms with E-state index in [4.69, 9.17) is 0 Å². The van der Waals surface area contributed by atoms with Gasteiger partial charge in [0, 0.05) is 0 Å². The smallest absolute Gasteiger partial charge is 0.0358 e. The van der Waals surface area contributed by atoms with E-state index >= 15 is 0 Å². The molecule has 2 aliphatic carbocycles. The van der Waals surface area contributed by atoms with Gasteiger partial charge in [-0.25, -0.2) is 0 Å². The fraction of sp³-hybridized carbons (Fsp3) is 1.00. The van der Waals surface area contributed by atoms with Crippen LogP contribution in [0.5, 0.6) is 0 Å². The third-order valence-corrected chi connectivity index (χ3v) is 4.53. The van der Waals surface area contributed by atoms with E-state index in [1.54, 1.807) is 6.42 Å². The van der Waals surface area contributed by atoms with Crippen molar-refractivity contribution in [1.82, 2.24) is 0 Å². The molecule has 0 N–H and O–H groups in total. The first-order chi connectivity index (χ1) is 5.79. The van der Waals surface area contributed by atoms with E-state index in [0.29, 0.717) is 0 Å². The molecule has 2 aliphatic rings. The topological polar surface area (TPSA) is 0 Å². The highest BCUT2D eigenvalue weighted by molar-refractivity contribution is 4.85. The summed E-state index contributed by atoms with van der Waals surface area (Å²) in [7, 11) is 0. The Kier molecular flexibility index (Phi) is 2.43. The minimum absolute atomic E-state index is 1.00. The van der Waals surface area contributed by atoms with Crippen LogP contribution in [0.15, 0.2) is 0 Å². The van der Waals surface area contributed by atoms with Gasteiger partial charge < -0.3 is 0 Å². The molecule has 0 amide bonds. The third-order valence-electron chi connectivity index (χ3n) is 4.53. The summed E-state index contributed by atoms with van der Waals surface area (Å²) in [5.74, 6) is 4.24. The Morgan fingerprint density at radius 1 is 0.833 bits per heavy atom. The summed E-state index contributed by atoms with van der Waals surface area (Å²) in [6.07, 6.45) is 9.15. The molecular formula is C12H22. The van der Waals surface area contributed by atoms with Crippen LogP contribution in [-0.4, -0.2) is 0 Å². The lowest BCUT2D eigenvalue weighted by Gasteiger charge is -2.43. The zero-order valence-corrected chi connectivity index (χ0v) is 8.55. The van der Waals surface area contributed by atoms with Crippen molar-refractivity contribution in [2.75, 3.05) is 0 Å². The maximum absolute atomic E-state index is 2.49. The Bertz CT molecular complexity index is 148. The SMILES string of the molecule is C[C@H]1[C@H]2CCCC[C@@H]2CC[C@H]1C. The van der Waals surface area contributed by atoms with Crippen molar-refractivity contribution in [3.8, 4) is 0 Å². The Labute approximate surface area is 76.7 Å². The van der Waals surface area contributed by atoms with Gasteiger partial charge in [-0.15, -0.1) is 0 Å². The van der Waals surface area contributed by atoms with Crippen molar-refractivity contribution in [2.45, 2.75) is 52.4 Å². The van der Waals surface area contributed by atoms with Gasteiger partial charge in [-0.2, -0.15) is 0 Å². The van der Waals surface area contributed by atoms with E-state index in [1.807, 2.05) is 0 Å². The van der Waals surface area contributed by atoms with Gasteiger partial charge in [0.05, 0.1) is 0 Å². The summed E-state index contributed by atoms with van der Waals surface area (Å²) in [6.45, 7) is 4.95. The quantitative estimate of drug-likeness (QED) is 0.512. The van der Waals surface area contributed by atoms with Gasteiger partial charge in [0.25, 0.3) is 0 Å².